The third-order valence-corrected chi connectivity index (χ3v) is 5.16. The van der Waals surface area contributed by atoms with Crippen molar-refractivity contribution in [2.75, 3.05) is 12.9 Å². The molecule has 1 heterocycles. The lowest BCUT2D eigenvalue weighted by Crippen LogP contribution is -2.52. The monoisotopic (exact) mass is 439 g/mol. The van der Waals surface area contributed by atoms with Gasteiger partial charge < -0.3 is 20.4 Å². The maximum absolute atomic E-state index is 12.9. The number of esters is 1. The number of aromatic nitrogens is 1. The first-order chi connectivity index (χ1) is 15.0. The predicted octanol–water partition coefficient (Wildman–Crippen LogP) is 2.49. The largest absolute Gasteiger partial charge is 0.467 e. The Morgan fingerprint density at radius 3 is 2.39 bits per heavy atom. The maximum atomic E-state index is 12.9. The molecule has 31 heavy (non-hydrogen) atoms. The van der Waals surface area contributed by atoms with Gasteiger partial charge in [-0.2, -0.15) is 12.6 Å². The highest BCUT2D eigenvalue weighted by molar-refractivity contribution is 7.80. The van der Waals surface area contributed by atoms with Gasteiger partial charge in [0.05, 0.1) is 7.11 Å². The highest BCUT2D eigenvalue weighted by atomic mass is 32.1. The fraction of sp³-hybridized carbons (Fsp3) is 0.261. The minimum atomic E-state index is -0.868. The zero-order valence-corrected chi connectivity index (χ0v) is 18.0. The van der Waals surface area contributed by atoms with E-state index < -0.39 is 29.9 Å². The van der Waals surface area contributed by atoms with Gasteiger partial charge in [0.1, 0.15) is 17.8 Å². The second-order valence-electron chi connectivity index (χ2n) is 7.08. The molecule has 0 aliphatic heterocycles. The number of para-hydroxylation sites is 1. The molecule has 3 N–H and O–H groups in total. The van der Waals surface area contributed by atoms with E-state index in [1.54, 1.807) is 6.07 Å². The summed E-state index contributed by atoms with van der Waals surface area (Å²) in [6.07, 6.45) is 0.586. The van der Waals surface area contributed by atoms with Crippen molar-refractivity contribution in [3.63, 3.8) is 0 Å². The molecule has 2 aromatic carbocycles. The summed E-state index contributed by atoms with van der Waals surface area (Å²) in [7, 11) is 1.27. The van der Waals surface area contributed by atoms with Crippen molar-refractivity contribution >= 4 is 41.3 Å². The second-order valence-corrected chi connectivity index (χ2v) is 7.53. The predicted molar refractivity (Wildman–Crippen MR) is 122 cm³/mol. The minimum absolute atomic E-state index is 0.281. The molecule has 2 atom stereocenters. The van der Waals surface area contributed by atoms with Crippen molar-refractivity contribution in [3.8, 4) is 0 Å². The molecule has 0 aliphatic rings. The Bertz CT molecular complexity index is 1020. The van der Waals surface area contributed by atoms with Gasteiger partial charge in [-0.1, -0.05) is 48.5 Å². The summed E-state index contributed by atoms with van der Waals surface area (Å²) in [4.78, 5) is 40.9. The molecule has 0 saturated carbocycles. The van der Waals surface area contributed by atoms with Crippen LogP contribution in [-0.4, -0.2) is 47.7 Å². The SMILES string of the molecule is COC(=O)[C@@H](Cc1ccccc1)NC(=O)[C@H](CCS)NC(=O)c1cc2ccccc2[nH]1. The number of fused-ring (bicyclic) bond motifs is 1. The normalized spacial score (nSPS) is 12.7. The Balaban J connectivity index is 1.71. The van der Waals surface area contributed by atoms with E-state index >= 15 is 0 Å². The van der Waals surface area contributed by atoms with E-state index in [4.69, 9.17) is 4.74 Å². The summed E-state index contributed by atoms with van der Waals surface area (Å²) in [6.45, 7) is 0. The number of carbonyl (C=O) groups is 3. The summed E-state index contributed by atoms with van der Waals surface area (Å²) in [5, 5.41) is 6.35. The number of hydrogen-bond donors (Lipinski definition) is 4. The van der Waals surface area contributed by atoms with Crippen molar-refractivity contribution in [1.29, 1.82) is 0 Å². The summed E-state index contributed by atoms with van der Waals surface area (Å²) in [6, 6.07) is 16.9. The van der Waals surface area contributed by atoms with Gasteiger partial charge in [-0.15, -0.1) is 0 Å². The van der Waals surface area contributed by atoms with E-state index in [9.17, 15) is 14.4 Å². The molecule has 0 fully saturated rings. The topological polar surface area (TPSA) is 100 Å². The first-order valence-corrected chi connectivity index (χ1v) is 10.6. The average Bonchev–Trinajstić information content (AvgIpc) is 3.23. The van der Waals surface area contributed by atoms with Gasteiger partial charge in [-0.05, 0) is 29.9 Å². The van der Waals surface area contributed by atoms with Crippen molar-refractivity contribution < 1.29 is 19.1 Å². The van der Waals surface area contributed by atoms with Crippen LogP contribution in [0.1, 0.15) is 22.5 Å². The molecule has 162 valence electrons. The number of hydrogen-bond acceptors (Lipinski definition) is 5. The van der Waals surface area contributed by atoms with Crippen LogP contribution < -0.4 is 10.6 Å². The number of methoxy groups -OCH3 is 1. The fourth-order valence-corrected chi connectivity index (χ4v) is 3.55. The molecule has 0 saturated heterocycles. The Labute approximate surface area is 186 Å². The molecule has 0 unspecified atom stereocenters. The zero-order valence-electron chi connectivity index (χ0n) is 17.1. The lowest BCUT2D eigenvalue weighted by atomic mass is 10.1. The van der Waals surface area contributed by atoms with Gasteiger partial charge in [-0.25, -0.2) is 4.79 Å². The molecule has 8 heteroatoms. The number of nitrogens with one attached hydrogen (secondary N) is 3. The van der Waals surface area contributed by atoms with E-state index in [0.29, 0.717) is 17.9 Å². The third-order valence-electron chi connectivity index (χ3n) is 4.90. The van der Waals surface area contributed by atoms with E-state index in [1.165, 1.54) is 7.11 Å². The van der Waals surface area contributed by atoms with Crippen LogP contribution in [0.3, 0.4) is 0 Å². The molecular weight excluding hydrogens is 414 g/mol. The summed E-state index contributed by atoms with van der Waals surface area (Å²) in [5.74, 6) is -1.04. The first kappa shape index (κ1) is 22.4. The smallest absolute Gasteiger partial charge is 0.328 e. The third kappa shape index (κ3) is 5.88. The summed E-state index contributed by atoms with van der Waals surface area (Å²) in [5.41, 5.74) is 2.06. The fourth-order valence-electron chi connectivity index (χ4n) is 3.29. The van der Waals surface area contributed by atoms with Crippen LogP contribution in [0.4, 0.5) is 0 Å². The van der Waals surface area contributed by atoms with E-state index in [1.807, 2.05) is 54.6 Å². The minimum Gasteiger partial charge on any atom is -0.467 e. The zero-order chi connectivity index (χ0) is 22.2. The first-order valence-electron chi connectivity index (χ1n) is 9.93. The highest BCUT2D eigenvalue weighted by Gasteiger charge is 2.27. The Morgan fingerprint density at radius 1 is 1.00 bits per heavy atom. The Morgan fingerprint density at radius 2 is 1.71 bits per heavy atom. The van der Waals surface area contributed by atoms with Crippen molar-refractivity contribution in [2.24, 2.45) is 0 Å². The summed E-state index contributed by atoms with van der Waals surface area (Å²) >= 11 is 4.20. The van der Waals surface area contributed by atoms with E-state index in [0.717, 1.165) is 16.5 Å². The lowest BCUT2D eigenvalue weighted by Gasteiger charge is -2.22. The van der Waals surface area contributed by atoms with Gasteiger partial charge in [0, 0.05) is 17.3 Å². The number of amides is 2. The number of thiol groups is 1. The number of rotatable bonds is 9. The molecule has 0 radical (unpaired) electrons. The molecule has 3 aromatic rings. The molecule has 3 rings (SSSR count). The molecule has 7 nitrogen and oxygen atoms in total. The number of carbonyl (C=O) groups excluding carboxylic acids is 3. The van der Waals surface area contributed by atoms with Gasteiger partial charge in [0.15, 0.2) is 0 Å². The second kappa shape index (κ2) is 10.7. The van der Waals surface area contributed by atoms with Crippen LogP contribution in [0.5, 0.6) is 0 Å². The van der Waals surface area contributed by atoms with Crippen LogP contribution in [0.15, 0.2) is 60.7 Å². The molecular formula is C23H25N3O4S. The lowest BCUT2D eigenvalue weighted by molar-refractivity contribution is -0.145. The van der Waals surface area contributed by atoms with Gasteiger partial charge in [-0.3, -0.25) is 9.59 Å². The van der Waals surface area contributed by atoms with Crippen molar-refractivity contribution in [1.82, 2.24) is 15.6 Å². The molecule has 0 aliphatic carbocycles. The molecule has 0 spiro atoms. The van der Waals surface area contributed by atoms with Crippen LogP contribution in [0, 0.1) is 0 Å². The molecule has 0 bridgehead atoms. The number of H-pyrrole nitrogens is 1. The number of benzene rings is 2. The van der Waals surface area contributed by atoms with Gasteiger partial charge in [0.25, 0.3) is 5.91 Å². The molecule has 1 aromatic heterocycles. The van der Waals surface area contributed by atoms with Crippen molar-refractivity contribution in [3.05, 3.63) is 71.9 Å². The summed E-state index contributed by atoms with van der Waals surface area (Å²) < 4.78 is 4.85. The number of aromatic amines is 1. The Hall–Kier alpha value is -3.26. The van der Waals surface area contributed by atoms with E-state index in [-0.39, 0.29) is 6.42 Å². The quantitative estimate of drug-likeness (QED) is 0.304. The average molecular weight is 440 g/mol. The number of ether oxygens (including phenoxy) is 1. The Kier molecular flexibility index (Phi) is 7.72. The van der Waals surface area contributed by atoms with Crippen molar-refractivity contribution in [2.45, 2.75) is 24.9 Å². The van der Waals surface area contributed by atoms with Gasteiger partial charge in [0.2, 0.25) is 5.91 Å². The van der Waals surface area contributed by atoms with Crippen LogP contribution in [-0.2, 0) is 20.7 Å². The van der Waals surface area contributed by atoms with Crippen LogP contribution in [0.2, 0.25) is 0 Å². The van der Waals surface area contributed by atoms with Crippen LogP contribution >= 0.6 is 12.6 Å². The van der Waals surface area contributed by atoms with Crippen LogP contribution in [0.25, 0.3) is 10.9 Å². The van der Waals surface area contributed by atoms with E-state index in [2.05, 4.69) is 28.2 Å². The highest BCUT2D eigenvalue weighted by Crippen LogP contribution is 2.15. The standard InChI is InChI=1S/C23H25N3O4S/c1-30-23(29)20(13-15-7-3-2-4-8-15)26-21(27)18(11-12-31)25-22(28)19-14-16-9-5-6-10-17(16)24-19/h2-10,14,18,20,24,31H,11-13H2,1H3,(H,25,28)(H,26,27)/t18-,20+/m0/s1. The molecule has 2 amide bonds. The maximum Gasteiger partial charge on any atom is 0.328 e. The van der Waals surface area contributed by atoms with Gasteiger partial charge >= 0.3 is 5.97 Å².